The highest BCUT2D eigenvalue weighted by Gasteiger charge is 2.07. The molecule has 2 aromatic rings. The zero-order valence-corrected chi connectivity index (χ0v) is 13.1. The number of likely N-dealkylation sites (N-methyl/N-ethyl adjacent to an activating group) is 1. The lowest BCUT2D eigenvalue weighted by Gasteiger charge is -2.22. The summed E-state index contributed by atoms with van der Waals surface area (Å²) in [5.41, 5.74) is 4.89. The van der Waals surface area contributed by atoms with E-state index in [1.54, 1.807) is 7.11 Å². The second kappa shape index (κ2) is 6.52. The first-order valence-electron chi connectivity index (χ1n) is 7.63. The molecular weight excluding hydrogens is 270 g/mol. The Kier molecular flexibility index (Phi) is 4.29. The van der Waals surface area contributed by atoms with Crippen LogP contribution in [0.4, 0.5) is 5.69 Å². The molecule has 0 aliphatic heterocycles. The highest BCUT2D eigenvalue weighted by molar-refractivity contribution is 5.68. The predicted molar refractivity (Wildman–Crippen MR) is 93.3 cm³/mol. The minimum atomic E-state index is 0.885. The summed E-state index contributed by atoms with van der Waals surface area (Å²) in [7, 11) is 3.80. The molecule has 0 radical (unpaired) electrons. The zero-order chi connectivity index (χ0) is 15.4. The van der Waals surface area contributed by atoms with Gasteiger partial charge in [0.2, 0.25) is 0 Å². The van der Waals surface area contributed by atoms with Crippen LogP contribution >= 0.6 is 0 Å². The molecule has 0 spiro atoms. The van der Waals surface area contributed by atoms with Crippen LogP contribution in [0.2, 0.25) is 0 Å². The molecule has 112 valence electrons. The van der Waals surface area contributed by atoms with E-state index in [1.807, 2.05) is 12.1 Å². The molecule has 2 heteroatoms. The topological polar surface area (TPSA) is 12.5 Å². The van der Waals surface area contributed by atoms with Gasteiger partial charge >= 0.3 is 0 Å². The molecule has 1 aliphatic rings. The molecule has 0 N–H and O–H groups in total. The summed E-state index contributed by atoms with van der Waals surface area (Å²) in [5, 5.41) is 0. The summed E-state index contributed by atoms with van der Waals surface area (Å²) in [6.07, 6.45) is 8.99. The number of nitrogens with zero attached hydrogens (tertiary/aromatic N) is 1. The Morgan fingerprint density at radius 1 is 0.864 bits per heavy atom. The number of anilines is 1. The molecule has 0 heterocycles. The van der Waals surface area contributed by atoms with E-state index >= 15 is 0 Å². The van der Waals surface area contributed by atoms with Crippen LogP contribution in [0.5, 0.6) is 5.75 Å². The number of methoxy groups -OCH3 is 1. The molecule has 2 aromatic carbocycles. The van der Waals surface area contributed by atoms with Gasteiger partial charge in [0.05, 0.1) is 7.11 Å². The number of rotatable bonds is 4. The minimum Gasteiger partial charge on any atom is -0.497 e. The molecule has 0 bridgehead atoms. The normalized spacial score (nSPS) is 13.6. The Balaban J connectivity index is 1.79. The molecule has 0 atom stereocenters. The van der Waals surface area contributed by atoms with Gasteiger partial charge in [-0.3, -0.25) is 0 Å². The lowest BCUT2D eigenvalue weighted by atomic mass is 10.0. The van der Waals surface area contributed by atoms with E-state index in [0.29, 0.717) is 0 Å². The molecule has 0 fully saturated rings. The highest BCUT2D eigenvalue weighted by Crippen LogP contribution is 2.26. The van der Waals surface area contributed by atoms with Crippen molar-refractivity contribution >= 4 is 5.69 Å². The number of benzene rings is 2. The average molecular weight is 291 g/mol. The van der Waals surface area contributed by atoms with E-state index in [4.69, 9.17) is 4.74 Å². The van der Waals surface area contributed by atoms with E-state index in [9.17, 15) is 0 Å². The van der Waals surface area contributed by atoms with Gasteiger partial charge in [0.25, 0.3) is 0 Å². The minimum absolute atomic E-state index is 0.885. The molecule has 0 saturated heterocycles. The van der Waals surface area contributed by atoms with Crippen molar-refractivity contribution in [1.29, 1.82) is 0 Å². The third-order valence-corrected chi connectivity index (χ3v) is 4.04. The maximum atomic E-state index is 5.20. The first-order valence-corrected chi connectivity index (χ1v) is 7.63. The molecule has 2 nitrogen and oxygen atoms in total. The smallest absolute Gasteiger partial charge is 0.118 e. The summed E-state index contributed by atoms with van der Waals surface area (Å²) < 4.78 is 5.20. The third-order valence-electron chi connectivity index (χ3n) is 4.04. The molecular formula is C20H21NO. The van der Waals surface area contributed by atoms with Crippen molar-refractivity contribution in [2.75, 3.05) is 19.1 Å². The third kappa shape index (κ3) is 3.06. The van der Waals surface area contributed by atoms with Crippen LogP contribution in [0, 0.1) is 0 Å². The lowest BCUT2D eigenvalue weighted by molar-refractivity contribution is 0.415. The predicted octanol–water partition coefficient (Wildman–Crippen LogP) is 5.03. The number of hydrogen-bond acceptors (Lipinski definition) is 2. The van der Waals surface area contributed by atoms with Gasteiger partial charge in [0.15, 0.2) is 0 Å². The number of hydrogen-bond donors (Lipinski definition) is 0. The summed E-state index contributed by atoms with van der Waals surface area (Å²) in [6.45, 7) is 0. The second-order valence-electron chi connectivity index (χ2n) is 5.44. The van der Waals surface area contributed by atoms with E-state index in [0.717, 1.165) is 18.6 Å². The van der Waals surface area contributed by atoms with Crippen LogP contribution in [0.15, 0.2) is 72.5 Å². The van der Waals surface area contributed by atoms with E-state index in [2.05, 4.69) is 66.6 Å². The Morgan fingerprint density at radius 2 is 1.50 bits per heavy atom. The quantitative estimate of drug-likeness (QED) is 0.783. The van der Waals surface area contributed by atoms with Crippen LogP contribution in [0.25, 0.3) is 11.1 Å². The lowest BCUT2D eigenvalue weighted by Crippen LogP contribution is -2.15. The SMILES string of the molecule is COc1ccc(-c2ccc(N(C)C3=CCCC=C3)cc2)cc1. The zero-order valence-electron chi connectivity index (χ0n) is 13.1. The maximum absolute atomic E-state index is 5.20. The largest absolute Gasteiger partial charge is 0.497 e. The van der Waals surface area contributed by atoms with Crippen molar-refractivity contribution in [3.8, 4) is 16.9 Å². The molecule has 0 unspecified atom stereocenters. The maximum Gasteiger partial charge on any atom is 0.118 e. The summed E-state index contributed by atoms with van der Waals surface area (Å²) in [5.74, 6) is 0.885. The highest BCUT2D eigenvalue weighted by atomic mass is 16.5. The van der Waals surface area contributed by atoms with E-state index in [-0.39, 0.29) is 0 Å². The first-order chi connectivity index (χ1) is 10.8. The van der Waals surface area contributed by atoms with Crippen LogP contribution in [0.1, 0.15) is 12.8 Å². The van der Waals surface area contributed by atoms with Crippen molar-refractivity contribution in [2.45, 2.75) is 12.8 Å². The van der Waals surface area contributed by atoms with Gasteiger partial charge in [-0.05, 0) is 54.3 Å². The molecule has 22 heavy (non-hydrogen) atoms. The van der Waals surface area contributed by atoms with Crippen molar-refractivity contribution in [3.63, 3.8) is 0 Å². The first kappa shape index (κ1) is 14.5. The molecule has 0 saturated carbocycles. The van der Waals surface area contributed by atoms with Crippen LogP contribution in [-0.2, 0) is 0 Å². The summed E-state index contributed by atoms with van der Waals surface area (Å²) in [4.78, 5) is 2.23. The van der Waals surface area contributed by atoms with Gasteiger partial charge < -0.3 is 9.64 Å². The average Bonchev–Trinajstić information content (AvgIpc) is 2.62. The van der Waals surface area contributed by atoms with Crippen LogP contribution < -0.4 is 9.64 Å². The van der Waals surface area contributed by atoms with E-state index in [1.165, 1.54) is 22.5 Å². The van der Waals surface area contributed by atoms with Gasteiger partial charge in [-0.15, -0.1) is 0 Å². The number of ether oxygens (including phenoxy) is 1. The van der Waals surface area contributed by atoms with Gasteiger partial charge in [-0.1, -0.05) is 36.4 Å². The fourth-order valence-electron chi connectivity index (χ4n) is 2.66. The van der Waals surface area contributed by atoms with Crippen molar-refractivity contribution in [2.24, 2.45) is 0 Å². The van der Waals surface area contributed by atoms with Crippen molar-refractivity contribution in [1.82, 2.24) is 0 Å². The van der Waals surface area contributed by atoms with Gasteiger partial charge in [0.1, 0.15) is 5.75 Å². The van der Waals surface area contributed by atoms with Crippen molar-refractivity contribution in [3.05, 3.63) is 72.5 Å². The Bertz CT molecular complexity index is 681. The molecule has 3 rings (SSSR count). The van der Waals surface area contributed by atoms with E-state index < -0.39 is 0 Å². The molecule has 0 aromatic heterocycles. The van der Waals surface area contributed by atoms with Gasteiger partial charge in [-0.2, -0.15) is 0 Å². The van der Waals surface area contributed by atoms with Gasteiger partial charge in [0, 0.05) is 18.4 Å². The molecule has 1 aliphatic carbocycles. The Labute approximate surface area is 132 Å². The van der Waals surface area contributed by atoms with Crippen molar-refractivity contribution < 1.29 is 4.74 Å². The summed E-state index contributed by atoms with van der Waals surface area (Å²) in [6, 6.07) is 16.8. The Hall–Kier alpha value is -2.48. The standard InChI is InChI=1S/C20H21NO/c1-21(18-6-4-3-5-7-18)19-12-8-16(9-13-19)17-10-14-20(22-2)15-11-17/h4,6-15H,3,5H2,1-2H3. The second-order valence-corrected chi connectivity index (χ2v) is 5.44. The fraction of sp³-hybridized carbons (Fsp3) is 0.200. The summed E-state index contributed by atoms with van der Waals surface area (Å²) >= 11 is 0. The van der Waals surface area contributed by atoms with Crippen LogP contribution in [0.3, 0.4) is 0 Å². The van der Waals surface area contributed by atoms with Crippen LogP contribution in [-0.4, -0.2) is 14.2 Å². The van der Waals surface area contributed by atoms with Gasteiger partial charge in [-0.25, -0.2) is 0 Å². The Morgan fingerprint density at radius 3 is 2.05 bits per heavy atom. The monoisotopic (exact) mass is 291 g/mol. The number of allylic oxidation sites excluding steroid dienone is 3. The molecule has 0 amide bonds. The fourth-order valence-corrected chi connectivity index (χ4v) is 2.66.